The molecule has 0 aliphatic rings. The summed E-state index contributed by atoms with van der Waals surface area (Å²) in [5, 5.41) is 7.83. The van der Waals surface area contributed by atoms with Crippen LogP contribution in [0.4, 0.5) is 5.69 Å². The molecule has 6 nitrogen and oxygen atoms in total. The van der Waals surface area contributed by atoms with Crippen LogP contribution >= 0.6 is 11.6 Å². The average molecular weight is 397 g/mol. The first-order valence-electron chi connectivity index (χ1n) is 8.86. The molecule has 2 amide bonds. The van der Waals surface area contributed by atoms with Crippen molar-refractivity contribution in [2.45, 2.75) is 13.3 Å². The zero-order valence-electron chi connectivity index (χ0n) is 15.9. The molecule has 2 aromatic carbocycles. The van der Waals surface area contributed by atoms with Crippen LogP contribution in [-0.4, -0.2) is 40.6 Å². The molecule has 3 rings (SSSR count). The third-order valence-electron chi connectivity index (χ3n) is 4.30. The van der Waals surface area contributed by atoms with Crippen LogP contribution in [0.3, 0.4) is 0 Å². The molecule has 1 heterocycles. The van der Waals surface area contributed by atoms with Gasteiger partial charge in [-0.05, 0) is 48.9 Å². The number of halogens is 1. The Morgan fingerprint density at radius 2 is 1.86 bits per heavy atom. The predicted octanol–water partition coefficient (Wildman–Crippen LogP) is 4.04. The molecular formula is C21H21ClN4O2. The Kier molecular flexibility index (Phi) is 5.80. The summed E-state index contributed by atoms with van der Waals surface area (Å²) < 4.78 is 1.72. The minimum absolute atomic E-state index is 0.0889. The summed E-state index contributed by atoms with van der Waals surface area (Å²) in [6.45, 7) is 1.97. The van der Waals surface area contributed by atoms with E-state index in [1.54, 1.807) is 61.4 Å². The molecule has 1 aromatic heterocycles. The van der Waals surface area contributed by atoms with Crippen LogP contribution in [0.1, 0.15) is 33.3 Å². The van der Waals surface area contributed by atoms with Gasteiger partial charge in [0.15, 0.2) is 0 Å². The highest BCUT2D eigenvalue weighted by Crippen LogP contribution is 2.20. The number of nitrogens with one attached hydrogen (secondary N) is 1. The standard InChI is InChI=1S/C21H21ClN4O2/c1-4-19-18(13-23-26(19)17-7-5-6-15(22)12-17)20(27)24-16-10-8-14(9-11-16)21(28)25(2)3/h5-13H,4H2,1-3H3,(H,24,27). The summed E-state index contributed by atoms with van der Waals surface area (Å²) in [5.74, 6) is -0.342. The lowest BCUT2D eigenvalue weighted by atomic mass is 10.1. The van der Waals surface area contributed by atoms with Crippen molar-refractivity contribution in [3.05, 3.63) is 76.6 Å². The van der Waals surface area contributed by atoms with Crippen LogP contribution in [0.2, 0.25) is 5.02 Å². The lowest BCUT2D eigenvalue weighted by Gasteiger charge is -2.11. The molecular weight excluding hydrogens is 376 g/mol. The number of benzene rings is 2. The van der Waals surface area contributed by atoms with E-state index in [-0.39, 0.29) is 11.8 Å². The molecule has 0 fully saturated rings. The molecule has 28 heavy (non-hydrogen) atoms. The number of carbonyl (C=O) groups is 2. The minimum Gasteiger partial charge on any atom is -0.345 e. The van der Waals surface area contributed by atoms with Gasteiger partial charge in [-0.2, -0.15) is 5.10 Å². The maximum Gasteiger partial charge on any atom is 0.259 e. The van der Waals surface area contributed by atoms with Crippen molar-refractivity contribution in [3.63, 3.8) is 0 Å². The quantitative estimate of drug-likeness (QED) is 0.707. The molecule has 144 valence electrons. The normalized spacial score (nSPS) is 10.6. The maximum atomic E-state index is 12.8. The maximum absolute atomic E-state index is 12.8. The van der Waals surface area contributed by atoms with Gasteiger partial charge in [-0.15, -0.1) is 0 Å². The van der Waals surface area contributed by atoms with E-state index in [4.69, 9.17) is 11.6 Å². The van der Waals surface area contributed by atoms with Crippen molar-refractivity contribution in [2.24, 2.45) is 0 Å². The van der Waals surface area contributed by atoms with E-state index in [0.717, 1.165) is 11.4 Å². The molecule has 0 radical (unpaired) electrons. The predicted molar refractivity (Wildman–Crippen MR) is 110 cm³/mol. The lowest BCUT2D eigenvalue weighted by molar-refractivity contribution is 0.0827. The van der Waals surface area contributed by atoms with Crippen LogP contribution in [0.25, 0.3) is 5.69 Å². The lowest BCUT2D eigenvalue weighted by Crippen LogP contribution is -2.21. The summed E-state index contributed by atoms with van der Waals surface area (Å²) in [5.41, 5.74) is 3.26. The zero-order valence-corrected chi connectivity index (χ0v) is 16.7. The van der Waals surface area contributed by atoms with Gasteiger partial charge in [0.05, 0.1) is 23.1 Å². The Labute approximate surface area is 168 Å². The van der Waals surface area contributed by atoms with Crippen molar-refractivity contribution in [1.29, 1.82) is 0 Å². The van der Waals surface area contributed by atoms with Gasteiger partial charge >= 0.3 is 0 Å². The fourth-order valence-corrected chi connectivity index (χ4v) is 3.07. The molecule has 0 atom stereocenters. The topological polar surface area (TPSA) is 67.2 Å². The van der Waals surface area contributed by atoms with E-state index in [1.807, 2.05) is 19.1 Å². The Balaban J connectivity index is 1.82. The van der Waals surface area contributed by atoms with Crippen molar-refractivity contribution < 1.29 is 9.59 Å². The molecule has 0 saturated carbocycles. The Morgan fingerprint density at radius 1 is 1.14 bits per heavy atom. The van der Waals surface area contributed by atoms with Gasteiger partial charge in [0.1, 0.15) is 0 Å². The molecule has 1 N–H and O–H groups in total. The fraction of sp³-hybridized carbons (Fsp3) is 0.190. The average Bonchev–Trinajstić information content (AvgIpc) is 3.12. The van der Waals surface area contributed by atoms with Gasteiger partial charge in [-0.25, -0.2) is 4.68 Å². The van der Waals surface area contributed by atoms with Gasteiger partial charge in [-0.1, -0.05) is 24.6 Å². The second-order valence-electron chi connectivity index (χ2n) is 6.48. The minimum atomic E-state index is -0.253. The molecule has 0 saturated heterocycles. The van der Waals surface area contributed by atoms with Gasteiger partial charge in [0, 0.05) is 30.4 Å². The van der Waals surface area contributed by atoms with Gasteiger partial charge in [0.2, 0.25) is 0 Å². The first kappa shape index (κ1) is 19.6. The molecule has 0 aliphatic carbocycles. The summed E-state index contributed by atoms with van der Waals surface area (Å²) in [6, 6.07) is 14.1. The second-order valence-corrected chi connectivity index (χ2v) is 6.92. The van der Waals surface area contributed by atoms with Gasteiger partial charge in [0.25, 0.3) is 11.8 Å². The molecule has 7 heteroatoms. The van der Waals surface area contributed by atoms with E-state index in [1.165, 1.54) is 4.90 Å². The second kappa shape index (κ2) is 8.27. The van der Waals surface area contributed by atoms with E-state index >= 15 is 0 Å². The Morgan fingerprint density at radius 3 is 2.46 bits per heavy atom. The molecule has 0 unspecified atom stereocenters. The third kappa shape index (κ3) is 4.07. The van der Waals surface area contributed by atoms with E-state index in [0.29, 0.717) is 28.3 Å². The van der Waals surface area contributed by atoms with Crippen LogP contribution in [0.5, 0.6) is 0 Å². The summed E-state index contributed by atoms with van der Waals surface area (Å²) in [6.07, 6.45) is 2.19. The van der Waals surface area contributed by atoms with Crippen molar-refractivity contribution in [3.8, 4) is 5.69 Å². The number of rotatable bonds is 5. The smallest absolute Gasteiger partial charge is 0.259 e. The monoisotopic (exact) mass is 396 g/mol. The SMILES string of the molecule is CCc1c(C(=O)Nc2ccc(C(=O)N(C)C)cc2)cnn1-c1cccc(Cl)c1. The number of hydrogen-bond acceptors (Lipinski definition) is 3. The van der Waals surface area contributed by atoms with E-state index in [2.05, 4.69) is 10.4 Å². The van der Waals surface area contributed by atoms with Crippen molar-refractivity contribution in [1.82, 2.24) is 14.7 Å². The van der Waals surface area contributed by atoms with Crippen LogP contribution in [0.15, 0.2) is 54.7 Å². The highest BCUT2D eigenvalue weighted by atomic mass is 35.5. The number of amides is 2. The van der Waals surface area contributed by atoms with E-state index < -0.39 is 0 Å². The number of hydrogen-bond donors (Lipinski definition) is 1. The highest BCUT2D eigenvalue weighted by Gasteiger charge is 2.18. The third-order valence-corrected chi connectivity index (χ3v) is 4.53. The Bertz CT molecular complexity index is 1010. The molecule has 0 aliphatic heterocycles. The largest absolute Gasteiger partial charge is 0.345 e. The first-order valence-corrected chi connectivity index (χ1v) is 9.24. The summed E-state index contributed by atoms with van der Waals surface area (Å²) in [7, 11) is 3.39. The molecule has 3 aromatic rings. The van der Waals surface area contributed by atoms with E-state index in [9.17, 15) is 9.59 Å². The number of anilines is 1. The fourth-order valence-electron chi connectivity index (χ4n) is 2.89. The molecule has 0 bridgehead atoms. The first-order chi connectivity index (χ1) is 13.4. The zero-order chi connectivity index (χ0) is 20.3. The van der Waals surface area contributed by atoms with Crippen molar-refractivity contribution >= 4 is 29.1 Å². The summed E-state index contributed by atoms with van der Waals surface area (Å²) >= 11 is 6.07. The number of nitrogens with zero attached hydrogens (tertiary/aromatic N) is 3. The van der Waals surface area contributed by atoms with Crippen LogP contribution < -0.4 is 5.32 Å². The number of aromatic nitrogens is 2. The van der Waals surface area contributed by atoms with Crippen LogP contribution in [0, 0.1) is 0 Å². The van der Waals surface area contributed by atoms with Gasteiger partial charge < -0.3 is 10.2 Å². The van der Waals surface area contributed by atoms with Gasteiger partial charge in [-0.3, -0.25) is 9.59 Å². The Hall–Kier alpha value is -3.12. The summed E-state index contributed by atoms with van der Waals surface area (Å²) in [4.78, 5) is 26.2. The molecule has 0 spiro atoms. The van der Waals surface area contributed by atoms with Crippen LogP contribution in [-0.2, 0) is 6.42 Å². The van der Waals surface area contributed by atoms with Crippen molar-refractivity contribution in [2.75, 3.05) is 19.4 Å². The number of carbonyl (C=O) groups excluding carboxylic acids is 2. The highest BCUT2D eigenvalue weighted by molar-refractivity contribution is 6.30.